The van der Waals surface area contributed by atoms with Gasteiger partial charge < -0.3 is 10.2 Å². The topological polar surface area (TPSA) is 49.4 Å². The van der Waals surface area contributed by atoms with E-state index in [9.17, 15) is 9.59 Å². The fourth-order valence-electron chi connectivity index (χ4n) is 2.59. The number of benzene rings is 2. The molecule has 126 valence electrons. The van der Waals surface area contributed by atoms with Crippen LogP contribution in [0, 0.1) is 6.92 Å². The fraction of sp³-hybridized carbons (Fsp3) is 0.300. The zero-order valence-electron chi connectivity index (χ0n) is 14.5. The van der Waals surface area contributed by atoms with Crippen LogP contribution in [0.5, 0.6) is 0 Å². The molecule has 0 aliphatic carbocycles. The van der Waals surface area contributed by atoms with Crippen molar-refractivity contribution in [3.05, 3.63) is 65.2 Å². The molecule has 0 saturated heterocycles. The summed E-state index contributed by atoms with van der Waals surface area (Å²) < 4.78 is 0. The first-order chi connectivity index (χ1) is 11.5. The van der Waals surface area contributed by atoms with E-state index < -0.39 is 0 Å². The normalized spacial score (nSPS) is 10.3. The van der Waals surface area contributed by atoms with E-state index in [0.29, 0.717) is 6.54 Å². The third-order valence-electron chi connectivity index (χ3n) is 4.07. The Bertz CT molecular complexity index is 725. The SMILES string of the molecule is CCc1ccccc1NC(=O)CN(Cc1ccccc1C)C(C)=O. The summed E-state index contributed by atoms with van der Waals surface area (Å²) in [6.07, 6.45) is 0.843. The lowest BCUT2D eigenvalue weighted by Gasteiger charge is -2.22. The van der Waals surface area contributed by atoms with Gasteiger partial charge in [0.2, 0.25) is 11.8 Å². The van der Waals surface area contributed by atoms with Crippen LogP contribution in [-0.2, 0) is 22.6 Å². The standard InChI is InChI=1S/C20H24N2O2/c1-4-17-10-7-8-12-19(17)21-20(24)14-22(16(3)23)13-18-11-6-5-9-15(18)2/h5-12H,4,13-14H2,1-3H3,(H,21,24). The monoisotopic (exact) mass is 324 g/mol. The van der Waals surface area contributed by atoms with Crippen LogP contribution >= 0.6 is 0 Å². The van der Waals surface area contributed by atoms with Crippen molar-refractivity contribution in [2.45, 2.75) is 33.7 Å². The van der Waals surface area contributed by atoms with E-state index in [0.717, 1.165) is 28.8 Å². The molecule has 24 heavy (non-hydrogen) atoms. The summed E-state index contributed by atoms with van der Waals surface area (Å²) in [6.45, 7) is 6.02. The Hall–Kier alpha value is -2.62. The van der Waals surface area contributed by atoms with Crippen molar-refractivity contribution in [2.75, 3.05) is 11.9 Å². The van der Waals surface area contributed by atoms with Crippen LogP contribution < -0.4 is 5.32 Å². The molecule has 0 spiro atoms. The van der Waals surface area contributed by atoms with Gasteiger partial charge in [0.05, 0.1) is 0 Å². The Balaban J connectivity index is 2.06. The maximum Gasteiger partial charge on any atom is 0.244 e. The Morgan fingerprint density at radius 2 is 1.62 bits per heavy atom. The third-order valence-corrected chi connectivity index (χ3v) is 4.07. The Morgan fingerprint density at radius 1 is 1.00 bits per heavy atom. The van der Waals surface area contributed by atoms with Crippen molar-refractivity contribution in [2.24, 2.45) is 0 Å². The van der Waals surface area contributed by atoms with Gasteiger partial charge in [-0.2, -0.15) is 0 Å². The molecule has 0 aliphatic rings. The second kappa shape index (κ2) is 8.29. The summed E-state index contributed by atoms with van der Waals surface area (Å²) in [6, 6.07) is 15.6. The minimum atomic E-state index is -0.181. The van der Waals surface area contributed by atoms with Gasteiger partial charge in [0.15, 0.2) is 0 Å². The largest absolute Gasteiger partial charge is 0.329 e. The Kier molecular flexibility index (Phi) is 6.13. The van der Waals surface area contributed by atoms with Crippen LogP contribution in [0.25, 0.3) is 0 Å². The fourth-order valence-corrected chi connectivity index (χ4v) is 2.59. The lowest BCUT2D eigenvalue weighted by atomic mass is 10.1. The summed E-state index contributed by atoms with van der Waals surface area (Å²) in [5, 5.41) is 2.91. The number of carbonyl (C=O) groups excluding carboxylic acids is 2. The molecule has 4 nitrogen and oxygen atoms in total. The highest BCUT2D eigenvalue weighted by Gasteiger charge is 2.15. The maximum absolute atomic E-state index is 12.4. The van der Waals surface area contributed by atoms with Crippen molar-refractivity contribution in [3.8, 4) is 0 Å². The molecule has 2 amide bonds. The van der Waals surface area contributed by atoms with Gasteiger partial charge in [-0.3, -0.25) is 9.59 Å². The number of rotatable bonds is 6. The minimum absolute atomic E-state index is 0.0434. The van der Waals surface area contributed by atoms with Gasteiger partial charge in [-0.15, -0.1) is 0 Å². The number of hydrogen-bond donors (Lipinski definition) is 1. The van der Waals surface area contributed by atoms with Crippen LogP contribution in [0.1, 0.15) is 30.5 Å². The molecule has 2 rings (SSSR count). The van der Waals surface area contributed by atoms with Gasteiger partial charge in [0.25, 0.3) is 0 Å². The molecule has 0 bridgehead atoms. The lowest BCUT2D eigenvalue weighted by molar-refractivity contribution is -0.133. The number of para-hydroxylation sites is 1. The van der Waals surface area contributed by atoms with Crippen LogP contribution in [0.4, 0.5) is 5.69 Å². The number of amides is 2. The number of nitrogens with zero attached hydrogens (tertiary/aromatic N) is 1. The van der Waals surface area contributed by atoms with E-state index in [-0.39, 0.29) is 18.4 Å². The van der Waals surface area contributed by atoms with Crippen LogP contribution in [0.2, 0.25) is 0 Å². The summed E-state index contributed by atoms with van der Waals surface area (Å²) in [4.78, 5) is 25.8. The van der Waals surface area contributed by atoms with E-state index in [2.05, 4.69) is 5.32 Å². The smallest absolute Gasteiger partial charge is 0.244 e. The van der Waals surface area contributed by atoms with Gasteiger partial charge in [0.1, 0.15) is 6.54 Å². The van der Waals surface area contributed by atoms with Gasteiger partial charge in [-0.1, -0.05) is 49.4 Å². The zero-order chi connectivity index (χ0) is 17.5. The zero-order valence-corrected chi connectivity index (χ0v) is 14.5. The predicted molar refractivity (Wildman–Crippen MR) is 96.7 cm³/mol. The van der Waals surface area contributed by atoms with Crippen molar-refractivity contribution in [1.82, 2.24) is 4.90 Å². The molecule has 0 saturated carbocycles. The summed E-state index contributed by atoms with van der Waals surface area (Å²) >= 11 is 0. The minimum Gasteiger partial charge on any atom is -0.329 e. The van der Waals surface area contributed by atoms with Crippen molar-refractivity contribution in [1.29, 1.82) is 0 Å². The quantitative estimate of drug-likeness (QED) is 0.883. The number of nitrogens with one attached hydrogen (secondary N) is 1. The third kappa shape index (κ3) is 4.69. The number of anilines is 1. The van der Waals surface area contributed by atoms with Gasteiger partial charge >= 0.3 is 0 Å². The first-order valence-electron chi connectivity index (χ1n) is 8.19. The molecule has 0 fully saturated rings. The van der Waals surface area contributed by atoms with Gasteiger partial charge in [0, 0.05) is 19.2 Å². The van der Waals surface area contributed by atoms with E-state index in [1.165, 1.54) is 6.92 Å². The number of carbonyl (C=O) groups is 2. The highest BCUT2D eigenvalue weighted by Crippen LogP contribution is 2.16. The maximum atomic E-state index is 12.4. The molecule has 0 radical (unpaired) electrons. The van der Waals surface area contributed by atoms with E-state index >= 15 is 0 Å². The molecule has 4 heteroatoms. The molecular weight excluding hydrogens is 300 g/mol. The summed E-state index contributed by atoms with van der Waals surface area (Å²) in [5.41, 5.74) is 4.05. The first-order valence-corrected chi connectivity index (χ1v) is 8.19. The molecule has 0 heterocycles. The molecule has 0 atom stereocenters. The van der Waals surface area contributed by atoms with Crippen molar-refractivity contribution in [3.63, 3.8) is 0 Å². The summed E-state index contributed by atoms with van der Waals surface area (Å²) in [7, 11) is 0. The highest BCUT2D eigenvalue weighted by atomic mass is 16.2. The van der Waals surface area contributed by atoms with E-state index in [1.807, 2.05) is 62.4 Å². The number of aryl methyl sites for hydroxylation is 2. The molecular formula is C20H24N2O2. The molecule has 2 aromatic rings. The van der Waals surface area contributed by atoms with Gasteiger partial charge in [-0.25, -0.2) is 0 Å². The molecule has 1 N–H and O–H groups in total. The molecule has 2 aromatic carbocycles. The number of hydrogen-bond acceptors (Lipinski definition) is 2. The van der Waals surface area contributed by atoms with E-state index in [4.69, 9.17) is 0 Å². The average molecular weight is 324 g/mol. The van der Waals surface area contributed by atoms with Crippen LogP contribution in [0.3, 0.4) is 0 Å². The first kappa shape index (κ1) is 17.7. The second-order valence-electron chi connectivity index (χ2n) is 5.86. The average Bonchev–Trinajstić information content (AvgIpc) is 2.56. The van der Waals surface area contributed by atoms with Crippen molar-refractivity contribution >= 4 is 17.5 Å². The van der Waals surface area contributed by atoms with Crippen LogP contribution in [0.15, 0.2) is 48.5 Å². The van der Waals surface area contributed by atoms with Crippen molar-refractivity contribution < 1.29 is 9.59 Å². The Morgan fingerprint density at radius 3 is 2.25 bits per heavy atom. The molecule has 0 unspecified atom stereocenters. The predicted octanol–water partition coefficient (Wildman–Crippen LogP) is 3.54. The van der Waals surface area contributed by atoms with Gasteiger partial charge in [-0.05, 0) is 36.1 Å². The lowest BCUT2D eigenvalue weighted by Crippen LogP contribution is -2.36. The van der Waals surface area contributed by atoms with E-state index in [1.54, 1.807) is 4.90 Å². The highest BCUT2D eigenvalue weighted by molar-refractivity contribution is 5.94. The molecule has 0 aromatic heterocycles. The molecule has 0 aliphatic heterocycles. The van der Waals surface area contributed by atoms with Crippen LogP contribution in [-0.4, -0.2) is 23.3 Å². The second-order valence-corrected chi connectivity index (χ2v) is 5.86. The summed E-state index contributed by atoms with van der Waals surface area (Å²) in [5.74, 6) is -0.295. The Labute approximate surface area is 143 Å².